The fraction of sp³-hybridized carbons (Fsp3) is 0.733. The number of hydrogen-bond acceptors (Lipinski definition) is 3. The molecule has 1 aromatic rings. The van der Waals surface area contributed by atoms with E-state index in [0.717, 1.165) is 24.4 Å². The van der Waals surface area contributed by atoms with Crippen molar-refractivity contribution in [3.63, 3.8) is 0 Å². The quantitative estimate of drug-likeness (QED) is 0.840. The highest BCUT2D eigenvalue weighted by Gasteiger charge is 2.29. The molecule has 0 aromatic carbocycles. The number of carboxylic acid groups (broad SMARTS) is 1. The number of rotatable bonds is 5. The number of aliphatic carboxylic acids is 1. The molecular formula is C15H24N2O2S. The summed E-state index contributed by atoms with van der Waals surface area (Å²) < 4.78 is 2.29. The molecule has 1 N–H and O–H groups in total. The van der Waals surface area contributed by atoms with E-state index in [2.05, 4.69) is 30.3 Å². The minimum absolute atomic E-state index is 0.0817. The van der Waals surface area contributed by atoms with E-state index in [-0.39, 0.29) is 5.75 Å². The van der Waals surface area contributed by atoms with Crippen molar-refractivity contribution in [2.24, 2.45) is 5.41 Å². The van der Waals surface area contributed by atoms with Crippen LogP contribution in [0.5, 0.6) is 0 Å². The molecule has 1 aliphatic rings. The molecule has 20 heavy (non-hydrogen) atoms. The van der Waals surface area contributed by atoms with Crippen LogP contribution in [-0.4, -0.2) is 26.4 Å². The van der Waals surface area contributed by atoms with Crippen LogP contribution in [0.1, 0.15) is 58.2 Å². The first-order chi connectivity index (χ1) is 9.43. The lowest BCUT2D eigenvalue weighted by Gasteiger charge is -2.36. The van der Waals surface area contributed by atoms with Gasteiger partial charge in [0.25, 0.3) is 0 Å². The molecule has 1 fully saturated rings. The van der Waals surface area contributed by atoms with Crippen LogP contribution in [-0.2, 0) is 11.2 Å². The summed E-state index contributed by atoms with van der Waals surface area (Å²) in [7, 11) is 0. The Kier molecular flexibility index (Phi) is 4.78. The third-order valence-electron chi connectivity index (χ3n) is 4.20. The van der Waals surface area contributed by atoms with Crippen molar-refractivity contribution in [3.05, 3.63) is 11.9 Å². The highest BCUT2D eigenvalue weighted by atomic mass is 32.2. The van der Waals surface area contributed by atoms with Gasteiger partial charge in [0, 0.05) is 17.9 Å². The normalized spacial score (nSPS) is 19.1. The molecular weight excluding hydrogens is 272 g/mol. The first-order valence-corrected chi connectivity index (χ1v) is 8.32. The van der Waals surface area contributed by atoms with E-state index in [1.165, 1.54) is 30.3 Å². The fourth-order valence-corrected chi connectivity index (χ4v) is 3.69. The average Bonchev–Trinajstić information content (AvgIpc) is 2.79. The van der Waals surface area contributed by atoms with Gasteiger partial charge in [0.15, 0.2) is 5.16 Å². The SMILES string of the molecule is CCc1cnc(SCC(=O)O)n1C1CCC(C)(C)CC1. The topological polar surface area (TPSA) is 55.1 Å². The maximum atomic E-state index is 10.8. The zero-order chi connectivity index (χ0) is 14.8. The molecule has 0 unspecified atom stereocenters. The van der Waals surface area contributed by atoms with E-state index in [1.54, 1.807) is 0 Å². The third kappa shape index (κ3) is 3.57. The van der Waals surface area contributed by atoms with E-state index in [4.69, 9.17) is 5.11 Å². The molecule has 0 amide bonds. The number of imidazole rings is 1. The molecule has 1 heterocycles. The van der Waals surface area contributed by atoms with Gasteiger partial charge in [0.1, 0.15) is 0 Å². The summed E-state index contributed by atoms with van der Waals surface area (Å²) in [5.41, 5.74) is 1.67. The Morgan fingerprint density at radius 2 is 2.15 bits per heavy atom. The first kappa shape index (κ1) is 15.4. The van der Waals surface area contributed by atoms with Gasteiger partial charge in [-0.15, -0.1) is 0 Å². The molecule has 0 aliphatic heterocycles. The van der Waals surface area contributed by atoms with Crippen LogP contribution in [0.4, 0.5) is 0 Å². The van der Waals surface area contributed by atoms with Crippen molar-refractivity contribution in [2.75, 3.05) is 5.75 Å². The standard InChI is InChI=1S/C15H24N2O2S/c1-4-11-9-16-14(20-10-13(18)19)17(11)12-5-7-15(2,3)8-6-12/h9,12H,4-8,10H2,1-3H3,(H,18,19). The molecule has 0 atom stereocenters. The molecule has 0 bridgehead atoms. The van der Waals surface area contributed by atoms with E-state index in [0.29, 0.717) is 11.5 Å². The molecule has 0 spiro atoms. The molecule has 0 radical (unpaired) electrons. The van der Waals surface area contributed by atoms with Gasteiger partial charge in [0.05, 0.1) is 5.75 Å². The van der Waals surface area contributed by atoms with Gasteiger partial charge in [0.2, 0.25) is 0 Å². The Hall–Kier alpha value is -0.970. The first-order valence-electron chi connectivity index (χ1n) is 7.33. The molecule has 112 valence electrons. The summed E-state index contributed by atoms with van der Waals surface area (Å²) in [6.07, 6.45) is 7.63. The smallest absolute Gasteiger partial charge is 0.313 e. The molecule has 5 heteroatoms. The van der Waals surface area contributed by atoms with Gasteiger partial charge >= 0.3 is 5.97 Å². The lowest BCUT2D eigenvalue weighted by atomic mass is 9.75. The Bertz CT molecular complexity index is 472. The number of hydrogen-bond donors (Lipinski definition) is 1. The van der Waals surface area contributed by atoms with Crippen molar-refractivity contribution < 1.29 is 9.90 Å². The summed E-state index contributed by atoms with van der Waals surface area (Å²) in [5, 5.41) is 9.72. The summed E-state index contributed by atoms with van der Waals surface area (Å²) >= 11 is 1.34. The Morgan fingerprint density at radius 3 is 2.70 bits per heavy atom. The van der Waals surface area contributed by atoms with Gasteiger partial charge in [-0.1, -0.05) is 32.5 Å². The van der Waals surface area contributed by atoms with Crippen LogP contribution in [0.15, 0.2) is 11.4 Å². The molecule has 0 saturated heterocycles. The second kappa shape index (κ2) is 6.20. The summed E-state index contributed by atoms with van der Waals surface area (Å²) in [6.45, 7) is 6.79. The number of carbonyl (C=O) groups is 1. The maximum Gasteiger partial charge on any atom is 0.313 e. The van der Waals surface area contributed by atoms with E-state index in [9.17, 15) is 4.79 Å². The van der Waals surface area contributed by atoms with Crippen molar-refractivity contribution in [1.82, 2.24) is 9.55 Å². The summed E-state index contributed by atoms with van der Waals surface area (Å²) in [4.78, 5) is 15.2. The van der Waals surface area contributed by atoms with Gasteiger partial charge in [-0.3, -0.25) is 4.79 Å². The number of aromatic nitrogens is 2. The highest BCUT2D eigenvalue weighted by molar-refractivity contribution is 7.99. The maximum absolute atomic E-state index is 10.8. The second-order valence-corrected chi connectivity index (χ2v) is 7.28. The second-order valence-electron chi connectivity index (χ2n) is 6.33. The van der Waals surface area contributed by atoms with Crippen LogP contribution in [0.2, 0.25) is 0 Å². The van der Waals surface area contributed by atoms with E-state index < -0.39 is 5.97 Å². The third-order valence-corrected chi connectivity index (χ3v) is 5.15. The average molecular weight is 296 g/mol. The number of aryl methyl sites for hydroxylation is 1. The van der Waals surface area contributed by atoms with Gasteiger partial charge < -0.3 is 9.67 Å². The Morgan fingerprint density at radius 1 is 1.50 bits per heavy atom. The molecule has 4 nitrogen and oxygen atoms in total. The van der Waals surface area contributed by atoms with Gasteiger partial charge in [-0.25, -0.2) is 4.98 Å². The van der Waals surface area contributed by atoms with Crippen molar-refractivity contribution >= 4 is 17.7 Å². The fourth-order valence-electron chi connectivity index (χ4n) is 2.90. The predicted octanol–water partition coefficient (Wildman–Crippen LogP) is 3.76. The van der Waals surface area contributed by atoms with E-state index in [1.807, 2.05) is 6.20 Å². The van der Waals surface area contributed by atoms with Gasteiger partial charge in [-0.2, -0.15) is 0 Å². The minimum Gasteiger partial charge on any atom is -0.481 e. The Labute approximate surface area is 125 Å². The number of thioether (sulfide) groups is 1. The monoisotopic (exact) mass is 296 g/mol. The summed E-state index contributed by atoms with van der Waals surface area (Å²) in [5.74, 6) is -0.703. The zero-order valence-corrected chi connectivity index (χ0v) is 13.4. The molecule has 2 rings (SSSR count). The molecule has 1 aromatic heterocycles. The van der Waals surface area contributed by atoms with Crippen molar-refractivity contribution in [2.45, 2.75) is 64.1 Å². The number of carboxylic acids is 1. The largest absolute Gasteiger partial charge is 0.481 e. The lowest BCUT2D eigenvalue weighted by molar-refractivity contribution is -0.133. The Balaban J connectivity index is 2.16. The molecule has 1 aliphatic carbocycles. The van der Waals surface area contributed by atoms with Crippen LogP contribution < -0.4 is 0 Å². The van der Waals surface area contributed by atoms with Crippen LogP contribution in [0.3, 0.4) is 0 Å². The zero-order valence-electron chi connectivity index (χ0n) is 12.6. The lowest BCUT2D eigenvalue weighted by Crippen LogP contribution is -2.24. The minimum atomic E-state index is -0.785. The van der Waals surface area contributed by atoms with Gasteiger partial charge in [-0.05, 0) is 37.5 Å². The van der Waals surface area contributed by atoms with Crippen LogP contribution >= 0.6 is 11.8 Å². The van der Waals surface area contributed by atoms with E-state index >= 15 is 0 Å². The number of nitrogens with zero attached hydrogens (tertiary/aromatic N) is 2. The van der Waals surface area contributed by atoms with Crippen molar-refractivity contribution in [1.29, 1.82) is 0 Å². The highest BCUT2D eigenvalue weighted by Crippen LogP contribution is 2.41. The van der Waals surface area contributed by atoms with Crippen molar-refractivity contribution in [3.8, 4) is 0 Å². The van der Waals surface area contributed by atoms with Crippen LogP contribution in [0.25, 0.3) is 0 Å². The van der Waals surface area contributed by atoms with Crippen LogP contribution in [0, 0.1) is 5.41 Å². The summed E-state index contributed by atoms with van der Waals surface area (Å²) in [6, 6.07) is 0.483. The predicted molar refractivity (Wildman–Crippen MR) is 81.3 cm³/mol. The molecule has 1 saturated carbocycles.